The predicted molar refractivity (Wildman–Crippen MR) is 113 cm³/mol. The molecule has 1 N–H and O–H groups in total. The first-order chi connectivity index (χ1) is 14.7. The van der Waals surface area contributed by atoms with Crippen molar-refractivity contribution in [2.45, 2.75) is 33.0 Å². The van der Waals surface area contributed by atoms with Crippen molar-refractivity contribution >= 4 is 17.5 Å². The second-order valence-corrected chi connectivity index (χ2v) is 7.54. The van der Waals surface area contributed by atoms with Crippen LogP contribution >= 0.6 is 0 Å². The third-order valence-corrected chi connectivity index (χ3v) is 5.71. The molecule has 1 saturated heterocycles. The molecular weight excluding hydrogens is 380 g/mol. The molecule has 3 aromatic heterocycles. The van der Waals surface area contributed by atoms with Crippen LogP contribution in [0.3, 0.4) is 0 Å². The standard InChI is InChI=1S/C21H24N8O/c1-3-27-13-23-26-20(27)16-6-4-7-18(24-16)29-12-15-14(21(29)30)10-19(28-8-5-9-28)25-17(15)11-22-2/h4,6-7,10,13,22H,3,5,8-9,11-12H2,1-2H3. The number of nitrogens with one attached hydrogen (secondary N) is 1. The normalized spacial score (nSPS) is 15.5. The number of fused-ring (bicyclic) bond motifs is 1. The quantitative estimate of drug-likeness (QED) is 0.670. The van der Waals surface area contributed by atoms with E-state index in [2.05, 4.69) is 20.4 Å². The highest BCUT2D eigenvalue weighted by molar-refractivity contribution is 6.10. The number of hydrogen-bond donors (Lipinski definition) is 1. The average Bonchev–Trinajstić information content (AvgIpc) is 3.32. The lowest BCUT2D eigenvalue weighted by Crippen LogP contribution is -2.38. The van der Waals surface area contributed by atoms with E-state index in [1.807, 2.05) is 42.8 Å². The zero-order valence-corrected chi connectivity index (χ0v) is 17.2. The molecule has 9 nitrogen and oxygen atoms in total. The Bertz CT molecular complexity index is 1100. The van der Waals surface area contributed by atoms with Crippen molar-refractivity contribution in [2.24, 2.45) is 0 Å². The Kier molecular flexibility index (Phi) is 4.66. The first kappa shape index (κ1) is 18.7. The van der Waals surface area contributed by atoms with Crippen LogP contribution in [0.2, 0.25) is 0 Å². The summed E-state index contributed by atoms with van der Waals surface area (Å²) in [6.07, 6.45) is 2.85. The minimum absolute atomic E-state index is 0.0341. The van der Waals surface area contributed by atoms with Gasteiger partial charge >= 0.3 is 0 Å². The van der Waals surface area contributed by atoms with Crippen molar-refractivity contribution in [3.05, 3.63) is 47.4 Å². The summed E-state index contributed by atoms with van der Waals surface area (Å²) in [5.41, 5.74) is 3.32. The number of pyridine rings is 2. The zero-order chi connectivity index (χ0) is 20.7. The molecule has 0 unspecified atom stereocenters. The van der Waals surface area contributed by atoms with Gasteiger partial charge in [-0.3, -0.25) is 9.69 Å². The molecular formula is C21H24N8O. The third kappa shape index (κ3) is 3.02. The van der Waals surface area contributed by atoms with Gasteiger partial charge in [-0.2, -0.15) is 0 Å². The van der Waals surface area contributed by atoms with Crippen LogP contribution in [0.25, 0.3) is 11.5 Å². The predicted octanol–water partition coefficient (Wildman–Crippen LogP) is 1.84. The van der Waals surface area contributed by atoms with E-state index in [1.165, 1.54) is 6.42 Å². The van der Waals surface area contributed by atoms with E-state index in [9.17, 15) is 4.79 Å². The highest BCUT2D eigenvalue weighted by Crippen LogP contribution is 2.33. The number of hydrogen-bond acceptors (Lipinski definition) is 7. The second-order valence-electron chi connectivity index (χ2n) is 7.54. The molecule has 2 aliphatic heterocycles. The Labute approximate surface area is 174 Å². The minimum Gasteiger partial charge on any atom is -0.356 e. The molecule has 30 heavy (non-hydrogen) atoms. The molecule has 0 aliphatic carbocycles. The molecule has 9 heteroatoms. The SMILES string of the molecule is CCn1cnnc1-c1cccc(N2Cc3c(cc(N4CCC4)nc3CNC)C2=O)n1. The van der Waals surface area contributed by atoms with E-state index in [-0.39, 0.29) is 5.91 Å². The van der Waals surface area contributed by atoms with Crippen LogP contribution < -0.4 is 15.1 Å². The van der Waals surface area contributed by atoms with Crippen molar-refractivity contribution < 1.29 is 4.79 Å². The second kappa shape index (κ2) is 7.49. The lowest BCUT2D eigenvalue weighted by atomic mass is 10.1. The summed E-state index contributed by atoms with van der Waals surface area (Å²) >= 11 is 0. The van der Waals surface area contributed by atoms with Crippen LogP contribution in [0.1, 0.15) is 35.0 Å². The Morgan fingerprint density at radius 3 is 2.77 bits per heavy atom. The first-order valence-corrected chi connectivity index (χ1v) is 10.3. The van der Waals surface area contributed by atoms with Crippen LogP contribution in [0.15, 0.2) is 30.6 Å². The van der Waals surface area contributed by atoms with Crippen molar-refractivity contribution in [1.82, 2.24) is 30.0 Å². The smallest absolute Gasteiger partial charge is 0.260 e. The van der Waals surface area contributed by atoms with Gasteiger partial charge in [-0.15, -0.1) is 10.2 Å². The maximum atomic E-state index is 13.3. The van der Waals surface area contributed by atoms with Crippen LogP contribution in [-0.4, -0.2) is 50.8 Å². The highest BCUT2D eigenvalue weighted by atomic mass is 16.2. The Hall–Kier alpha value is -3.33. The summed E-state index contributed by atoms with van der Waals surface area (Å²) in [6, 6.07) is 7.60. The number of anilines is 2. The molecule has 2 aliphatic rings. The third-order valence-electron chi connectivity index (χ3n) is 5.71. The molecule has 0 radical (unpaired) electrons. The van der Waals surface area contributed by atoms with E-state index >= 15 is 0 Å². The van der Waals surface area contributed by atoms with Gasteiger partial charge < -0.3 is 14.8 Å². The van der Waals surface area contributed by atoms with E-state index in [0.717, 1.165) is 42.3 Å². The van der Waals surface area contributed by atoms with E-state index in [1.54, 1.807) is 11.2 Å². The number of carbonyl (C=O) groups is 1. The molecule has 1 amide bonds. The summed E-state index contributed by atoms with van der Waals surface area (Å²) in [5.74, 6) is 2.16. The fourth-order valence-electron chi connectivity index (χ4n) is 3.94. The van der Waals surface area contributed by atoms with Gasteiger partial charge in [0.1, 0.15) is 23.7 Å². The van der Waals surface area contributed by atoms with E-state index in [4.69, 9.17) is 9.97 Å². The maximum Gasteiger partial charge on any atom is 0.260 e. The number of amides is 1. The molecule has 0 atom stereocenters. The minimum atomic E-state index is -0.0341. The molecule has 1 fully saturated rings. The van der Waals surface area contributed by atoms with Gasteiger partial charge in [-0.1, -0.05) is 6.07 Å². The summed E-state index contributed by atoms with van der Waals surface area (Å²) in [4.78, 5) is 26.9. The molecule has 0 aromatic carbocycles. The summed E-state index contributed by atoms with van der Waals surface area (Å²) in [5, 5.41) is 11.4. The number of carbonyl (C=O) groups excluding carboxylic acids is 1. The number of nitrogens with zero attached hydrogens (tertiary/aromatic N) is 7. The zero-order valence-electron chi connectivity index (χ0n) is 17.2. The van der Waals surface area contributed by atoms with Gasteiger partial charge in [0.25, 0.3) is 5.91 Å². The largest absolute Gasteiger partial charge is 0.356 e. The first-order valence-electron chi connectivity index (χ1n) is 10.3. The summed E-state index contributed by atoms with van der Waals surface area (Å²) < 4.78 is 1.93. The summed E-state index contributed by atoms with van der Waals surface area (Å²) in [7, 11) is 1.90. The fourth-order valence-corrected chi connectivity index (χ4v) is 3.94. The van der Waals surface area contributed by atoms with Crippen molar-refractivity contribution in [1.29, 1.82) is 0 Å². The monoisotopic (exact) mass is 404 g/mol. The Balaban J connectivity index is 1.51. The Morgan fingerprint density at radius 1 is 1.17 bits per heavy atom. The average molecular weight is 404 g/mol. The molecule has 5 rings (SSSR count). The maximum absolute atomic E-state index is 13.3. The van der Waals surface area contributed by atoms with Crippen LogP contribution in [-0.2, 0) is 19.6 Å². The molecule has 0 saturated carbocycles. The van der Waals surface area contributed by atoms with Crippen LogP contribution in [0.5, 0.6) is 0 Å². The number of aromatic nitrogens is 5. The van der Waals surface area contributed by atoms with Crippen molar-refractivity contribution in [2.75, 3.05) is 29.9 Å². The molecule has 0 spiro atoms. The van der Waals surface area contributed by atoms with Gasteiger partial charge in [-0.05, 0) is 38.6 Å². The lowest BCUT2D eigenvalue weighted by Gasteiger charge is -2.32. The lowest BCUT2D eigenvalue weighted by molar-refractivity contribution is 0.0996. The molecule has 0 bridgehead atoms. The van der Waals surface area contributed by atoms with E-state index < -0.39 is 0 Å². The molecule has 154 valence electrons. The van der Waals surface area contributed by atoms with Crippen molar-refractivity contribution in [3.63, 3.8) is 0 Å². The van der Waals surface area contributed by atoms with E-state index in [0.29, 0.717) is 30.4 Å². The fraction of sp³-hybridized carbons (Fsp3) is 0.381. The number of rotatable bonds is 6. The van der Waals surface area contributed by atoms with Crippen LogP contribution in [0.4, 0.5) is 11.6 Å². The highest BCUT2D eigenvalue weighted by Gasteiger charge is 2.33. The van der Waals surface area contributed by atoms with Crippen molar-refractivity contribution in [3.8, 4) is 11.5 Å². The number of aryl methyl sites for hydroxylation is 1. The summed E-state index contributed by atoms with van der Waals surface area (Å²) in [6.45, 7) is 5.85. The van der Waals surface area contributed by atoms with Gasteiger partial charge in [0.05, 0.1) is 17.8 Å². The van der Waals surface area contributed by atoms with Gasteiger partial charge in [0.2, 0.25) is 0 Å². The van der Waals surface area contributed by atoms with Gasteiger partial charge in [0.15, 0.2) is 5.82 Å². The topological polar surface area (TPSA) is 92.1 Å². The molecule has 5 heterocycles. The van der Waals surface area contributed by atoms with Gasteiger partial charge in [-0.25, -0.2) is 9.97 Å². The van der Waals surface area contributed by atoms with Crippen LogP contribution in [0, 0.1) is 0 Å². The Morgan fingerprint density at radius 2 is 2.03 bits per heavy atom. The van der Waals surface area contributed by atoms with Gasteiger partial charge in [0, 0.05) is 31.7 Å². The molecule has 3 aromatic rings.